The van der Waals surface area contributed by atoms with Crippen LogP contribution in [-0.4, -0.2) is 30.1 Å². The molecule has 0 saturated heterocycles. The van der Waals surface area contributed by atoms with Crippen LogP contribution in [0.2, 0.25) is 0 Å². The van der Waals surface area contributed by atoms with Crippen molar-refractivity contribution in [2.24, 2.45) is 5.92 Å². The number of nitrogens with two attached hydrogens (primary N) is 1. The third-order valence-corrected chi connectivity index (χ3v) is 2.71. The Morgan fingerprint density at radius 3 is 2.65 bits per heavy atom. The number of rotatable bonds is 7. The van der Waals surface area contributed by atoms with E-state index in [-0.39, 0.29) is 17.2 Å². The molecule has 110 valence electrons. The molecule has 1 amide bonds. The van der Waals surface area contributed by atoms with Crippen molar-refractivity contribution in [2.45, 2.75) is 20.3 Å². The summed E-state index contributed by atoms with van der Waals surface area (Å²) in [4.78, 5) is 22.5. The summed E-state index contributed by atoms with van der Waals surface area (Å²) in [6.45, 7) is 5.10. The van der Waals surface area contributed by atoms with Gasteiger partial charge in [-0.15, -0.1) is 0 Å². The van der Waals surface area contributed by atoms with Gasteiger partial charge in [0.25, 0.3) is 0 Å². The molecule has 0 spiro atoms. The molecule has 1 aromatic carbocycles. The zero-order valence-electron chi connectivity index (χ0n) is 11.8. The fraction of sp³-hybridized carbons (Fsp3) is 0.429. The molecule has 6 nitrogen and oxygen atoms in total. The van der Waals surface area contributed by atoms with E-state index in [1.165, 1.54) is 6.07 Å². The standard InChI is InChI=1S/C14H21N3O3/c1-9(2)8-17-12(18)6-7-16-11-5-3-4-10(13(11)15)14(19)20/h3-5,9,16H,6-8,15H2,1-2H3,(H,17,18)(H,19,20). The van der Waals surface area contributed by atoms with Gasteiger partial charge in [0, 0.05) is 19.5 Å². The lowest BCUT2D eigenvalue weighted by Gasteiger charge is -2.11. The number of aromatic carboxylic acids is 1. The number of hydrogen-bond acceptors (Lipinski definition) is 4. The largest absolute Gasteiger partial charge is 0.478 e. The van der Waals surface area contributed by atoms with Gasteiger partial charge >= 0.3 is 5.97 Å². The molecule has 0 unspecified atom stereocenters. The minimum Gasteiger partial charge on any atom is -0.478 e. The molecule has 0 aromatic heterocycles. The Bertz CT molecular complexity index is 487. The zero-order chi connectivity index (χ0) is 15.1. The predicted molar refractivity (Wildman–Crippen MR) is 78.8 cm³/mol. The fourth-order valence-electron chi connectivity index (χ4n) is 1.62. The maximum atomic E-state index is 11.5. The number of amides is 1. The summed E-state index contributed by atoms with van der Waals surface area (Å²) in [6.07, 6.45) is 0.309. The Kier molecular flexibility index (Phi) is 5.83. The maximum Gasteiger partial charge on any atom is 0.337 e. The highest BCUT2D eigenvalue weighted by Gasteiger charge is 2.11. The number of nitrogen functional groups attached to an aromatic ring is 1. The second-order valence-corrected chi connectivity index (χ2v) is 4.95. The van der Waals surface area contributed by atoms with E-state index in [1.807, 2.05) is 13.8 Å². The number of hydrogen-bond donors (Lipinski definition) is 4. The predicted octanol–water partition coefficient (Wildman–Crippen LogP) is 1.54. The van der Waals surface area contributed by atoms with Crippen LogP contribution in [0.25, 0.3) is 0 Å². The number of para-hydroxylation sites is 1. The van der Waals surface area contributed by atoms with Crippen LogP contribution in [0.5, 0.6) is 0 Å². The first kappa shape index (κ1) is 15.8. The SMILES string of the molecule is CC(C)CNC(=O)CCNc1cccc(C(=O)O)c1N. The number of carboxylic acid groups (broad SMARTS) is 1. The minimum atomic E-state index is -1.07. The van der Waals surface area contributed by atoms with Gasteiger partial charge < -0.3 is 21.5 Å². The Labute approximate surface area is 118 Å². The van der Waals surface area contributed by atoms with Crippen molar-refractivity contribution >= 4 is 23.3 Å². The van der Waals surface area contributed by atoms with Gasteiger partial charge in [0.1, 0.15) is 0 Å². The zero-order valence-corrected chi connectivity index (χ0v) is 11.8. The van der Waals surface area contributed by atoms with E-state index < -0.39 is 5.97 Å². The van der Waals surface area contributed by atoms with Crippen molar-refractivity contribution in [1.29, 1.82) is 0 Å². The number of nitrogens with one attached hydrogen (secondary N) is 2. The van der Waals surface area contributed by atoms with Gasteiger partial charge in [-0.25, -0.2) is 4.79 Å². The van der Waals surface area contributed by atoms with E-state index in [4.69, 9.17) is 10.8 Å². The monoisotopic (exact) mass is 279 g/mol. The minimum absolute atomic E-state index is 0.0424. The highest BCUT2D eigenvalue weighted by atomic mass is 16.4. The smallest absolute Gasteiger partial charge is 0.337 e. The van der Waals surface area contributed by atoms with Crippen LogP contribution >= 0.6 is 0 Å². The van der Waals surface area contributed by atoms with Crippen molar-refractivity contribution < 1.29 is 14.7 Å². The molecule has 6 heteroatoms. The van der Waals surface area contributed by atoms with Gasteiger partial charge in [-0.2, -0.15) is 0 Å². The first-order valence-electron chi connectivity index (χ1n) is 6.54. The lowest BCUT2D eigenvalue weighted by molar-refractivity contribution is -0.120. The Balaban J connectivity index is 2.48. The third-order valence-electron chi connectivity index (χ3n) is 2.71. The molecule has 0 aliphatic carbocycles. The van der Waals surface area contributed by atoms with Gasteiger partial charge in [0.15, 0.2) is 0 Å². The van der Waals surface area contributed by atoms with Crippen molar-refractivity contribution in [3.8, 4) is 0 Å². The molecule has 1 rings (SSSR count). The summed E-state index contributed by atoms with van der Waals surface area (Å²) in [6, 6.07) is 4.74. The van der Waals surface area contributed by atoms with Crippen molar-refractivity contribution in [3.63, 3.8) is 0 Å². The third kappa shape index (κ3) is 4.79. The van der Waals surface area contributed by atoms with Crippen molar-refractivity contribution in [1.82, 2.24) is 5.32 Å². The molecule has 0 aliphatic heterocycles. The van der Waals surface area contributed by atoms with Gasteiger partial charge in [0.05, 0.1) is 16.9 Å². The molecule has 1 aromatic rings. The van der Waals surface area contributed by atoms with Crippen LogP contribution in [0, 0.1) is 5.92 Å². The summed E-state index contributed by atoms with van der Waals surface area (Å²) in [5.74, 6) is -0.699. The molecule has 5 N–H and O–H groups in total. The molecule has 0 fully saturated rings. The first-order chi connectivity index (χ1) is 9.41. The summed E-state index contributed by atoms with van der Waals surface area (Å²) in [7, 11) is 0. The van der Waals surface area contributed by atoms with Crippen LogP contribution < -0.4 is 16.4 Å². The average molecular weight is 279 g/mol. The number of anilines is 2. The molecule has 0 heterocycles. The fourth-order valence-corrected chi connectivity index (χ4v) is 1.62. The van der Waals surface area contributed by atoms with Gasteiger partial charge in [-0.1, -0.05) is 19.9 Å². The Morgan fingerprint density at radius 2 is 2.05 bits per heavy atom. The maximum absolute atomic E-state index is 11.5. The summed E-state index contributed by atoms with van der Waals surface area (Å²) in [5.41, 5.74) is 6.52. The first-order valence-corrected chi connectivity index (χ1v) is 6.54. The van der Waals surface area contributed by atoms with Gasteiger partial charge in [-0.3, -0.25) is 4.79 Å². The quantitative estimate of drug-likeness (QED) is 0.567. The lowest BCUT2D eigenvalue weighted by Crippen LogP contribution is -2.28. The van der Waals surface area contributed by atoms with Gasteiger partial charge in [-0.05, 0) is 18.1 Å². The van der Waals surface area contributed by atoms with Crippen molar-refractivity contribution in [2.75, 3.05) is 24.1 Å². The average Bonchev–Trinajstić information content (AvgIpc) is 2.38. The molecular weight excluding hydrogens is 258 g/mol. The van der Waals surface area contributed by atoms with Crippen LogP contribution in [-0.2, 0) is 4.79 Å². The molecule has 0 atom stereocenters. The van der Waals surface area contributed by atoms with Crippen LogP contribution in [0.15, 0.2) is 18.2 Å². The molecular formula is C14H21N3O3. The molecule has 0 aliphatic rings. The van der Waals surface area contributed by atoms with Crippen molar-refractivity contribution in [3.05, 3.63) is 23.8 Å². The number of carboxylic acids is 1. The van der Waals surface area contributed by atoms with E-state index in [0.717, 1.165) is 0 Å². The van der Waals surface area contributed by atoms with E-state index in [2.05, 4.69) is 10.6 Å². The highest BCUT2D eigenvalue weighted by molar-refractivity contribution is 5.97. The van der Waals surface area contributed by atoms with Crippen LogP contribution in [0.1, 0.15) is 30.6 Å². The summed E-state index contributed by atoms with van der Waals surface area (Å²) in [5, 5.41) is 14.7. The Hall–Kier alpha value is -2.24. The lowest BCUT2D eigenvalue weighted by atomic mass is 10.1. The summed E-state index contributed by atoms with van der Waals surface area (Å²) >= 11 is 0. The van der Waals surface area contributed by atoms with E-state index in [1.54, 1.807) is 12.1 Å². The van der Waals surface area contributed by atoms with E-state index >= 15 is 0 Å². The molecule has 0 saturated carbocycles. The van der Waals surface area contributed by atoms with Crippen LogP contribution in [0.3, 0.4) is 0 Å². The van der Waals surface area contributed by atoms with E-state index in [9.17, 15) is 9.59 Å². The Morgan fingerprint density at radius 1 is 1.35 bits per heavy atom. The highest BCUT2D eigenvalue weighted by Crippen LogP contribution is 2.22. The normalized spacial score (nSPS) is 10.3. The van der Waals surface area contributed by atoms with Gasteiger partial charge in [0.2, 0.25) is 5.91 Å². The number of carbonyl (C=O) groups excluding carboxylic acids is 1. The second kappa shape index (κ2) is 7.37. The number of benzene rings is 1. The molecule has 0 bridgehead atoms. The summed E-state index contributed by atoms with van der Waals surface area (Å²) < 4.78 is 0. The van der Waals surface area contributed by atoms with Crippen LogP contribution in [0.4, 0.5) is 11.4 Å². The second-order valence-electron chi connectivity index (χ2n) is 4.95. The van der Waals surface area contributed by atoms with E-state index in [0.29, 0.717) is 31.1 Å². The molecule has 0 radical (unpaired) electrons. The number of carbonyl (C=O) groups is 2. The topological polar surface area (TPSA) is 104 Å². The molecule has 20 heavy (non-hydrogen) atoms.